The zero-order valence-corrected chi connectivity index (χ0v) is 13.5. The summed E-state index contributed by atoms with van der Waals surface area (Å²) in [6.07, 6.45) is 4.91. The molecule has 0 bridgehead atoms. The maximum absolute atomic E-state index is 12.6. The van der Waals surface area contributed by atoms with Gasteiger partial charge in [0, 0.05) is 36.0 Å². The molecule has 1 aliphatic heterocycles. The van der Waals surface area contributed by atoms with Crippen LogP contribution in [0.5, 0.6) is 0 Å². The van der Waals surface area contributed by atoms with Crippen LogP contribution in [0.1, 0.15) is 12.8 Å². The molecule has 7 heteroatoms. The van der Waals surface area contributed by atoms with Gasteiger partial charge in [-0.3, -0.25) is 4.98 Å². The maximum Gasteiger partial charge on any atom is 0.244 e. The quantitative estimate of drug-likeness (QED) is 0.832. The molecule has 0 aliphatic carbocycles. The number of likely N-dealkylation sites (N-methyl/N-ethyl adjacent to an activating group) is 1. The van der Waals surface area contributed by atoms with Gasteiger partial charge in [-0.15, -0.1) is 0 Å². The zero-order valence-electron chi connectivity index (χ0n) is 11.1. The Hall–Kier alpha value is -0.500. The van der Waals surface area contributed by atoms with Crippen LogP contribution in [0.2, 0.25) is 0 Å². The van der Waals surface area contributed by atoms with Crippen LogP contribution in [-0.4, -0.2) is 55.8 Å². The molecule has 1 saturated heterocycles. The van der Waals surface area contributed by atoms with Gasteiger partial charge in [-0.05, 0) is 48.9 Å². The maximum atomic E-state index is 12.6. The number of rotatable bonds is 3. The summed E-state index contributed by atoms with van der Waals surface area (Å²) in [5.74, 6) is 0. The van der Waals surface area contributed by atoms with Gasteiger partial charge >= 0.3 is 0 Å². The first kappa shape index (κ1) is 14.9. The van der Waals surface area contributed by atoms with Crippen molar-refractivity contribution in [3.63, 3.8) is 0 Å². The smallest absolute Gasteiger partial charge is 0.244 e. The van der Waals surface area contributed by atoms with Crippen molar-refractivity contribution in [3.8, 4) is 0 Å². The van der Waals surface area contributed by atoms with Crippen molar-refractivity contribution in [3.05, 3.63) is 22.9 Å². The van der Waals surface area contributed by atoms with Gasteiger partial charge in [0.1, 0.15) is 4.90 Å². The molecular formula is C12H18BrN3O2S. The normalized spacial score (nSPS) is 21.8. The lowest BCUT2D eigenvalue weighted by atomic mass is 10.1. The van der Waals surface area contributed by atoms with Crippen LogP contribution in [0, 0.1) is 0 Å². The third-order valence-electron chi connectivity index (χ3n) is 3.41. The van der Waals surface area contributed by atoms with Crippen molar-refractivity contribution >= 4 is 26.0 Å². The Morgan fingerprint density at radius 1 is 1.42 bits per heavy atom. The fraction of sp³-hybridized carbons (Fsp3) is 0.583. The van der Waals surface area contributed by atoms with Gasteiger partial charge in [-0.2, -0.15) is 4.31 Å². The Bertz CT molecular complexity index is 548. The van der Waals surface area contributed by atoms with Crippen molar-refractivity contribution in [2.75, 3.05) is 27.2 Å². The summed E-state index contributed by atoms with van der Waals surface area (Å²) in [5.41, 5.74) is 0. The third-order valence-corrected chi connectivity index (χ3v) is 5.67. The number of halogens is 1. The van der Waals surface area contributed by atoms with Crippen molar-refractivity contribution in [1.82, 2.24) is 14.2 Å². The fourth-order valence-electron chi connectivity index (χ4n) is 2.24. The zero-order chi connectivity index (χ0) is 14.0. The van der Waals surface area contributed by atoms with E-state index in [-0.39, 0.29) is 10.9 Å². The average Bonchev–Trinajstić information content (AvgIpc) is 2.39. The molecule has 2 rings (SSSR count). The Morgan fingerprint density at radius 3 is 2.79 bits per heavy atom. The molecule has 0 saturated carbocycles. The summed E-state index contributed by atoms with van der Waals surface area (Å²) >= 11 is 3.26. The highest BCUT2D eigenvalue weighted by molar-refractivity contribution is 9.10. The molecule has 1 aromatic rings. The molecule has 1 aromatic heterocycles. The molecule has 19 heavy (non-hydrogen) atoms. The van der Waals surface area contributed by atoms with Crippen LogP contribution in [0.4, 0.5) is 0 Å². The lowest BCUT2D eigenvalue weighted by molar-refractivity contribution is 0.190. The van der Waals surface area contributed by atoms with Crippen LogP contribution >= 0.6 is 15.9 Å². The molecule has 0 spiro atoms. The Kier molecular flexibility index (Phi) is 4.60. The van der Waals surface area contributed by atoms with Gasteiger partial charge in [-0.25, -0.2) is 8.42 Å². The van der Waals surface area contributed by atoms with Crippen LogP contribution in [0.3, 0.4) is 0 Å². The number of hydrogen-bond acceptors (Lipinski definition) is 4. The van der Waals surface area contributed by atoms with E-state index in [0.29, 0.717) is 17.6 Å². The number of hydrogen-bond donors (Lipinski definition) is 0. The number of pyridine rings is 1. The number of piperidine rings is 1. The van der Waals surface area contributed by atoms with E-state index in [9.17, 15) is 8.42 Å². The van der Waals surface area contributed by atoms with E-state index in [1.54, 1.807) is 16.6 Å². The summed E-state index contributed by atoms with van der Waals surface area (Å²) in [7, 11) is 0.538. The Balaban J connectivity index is 2.24. The predicted molar refractivity (Wildman–Crippen MR) is 77.4 cm³/mol. The summed E-state index contributed by atoms with van der Waals surface area (Å²) in [6.45, 7) is 1.13. The van der Waals surface area contributed by atoms with Crippen LogP contribution in [-0.2, 0) is 10.0 Å². The van der Waals surface area contributed by atoms with Crippen LogP contribution in [0.15, 0.2) is 27.8 Å². The third kappa shape index (κ3) is 3.34. The minimum atomic E-state index is -3.44. The van der Waals surface area contributed by atoms with E-state index in [1.165, 1.54) is 6.20 Å². The van der Waals surface area contributed by atoms with Crippen molar-refractivity contribution in [2.45, 2.75) is 23.8 Å². The largest absolute Gasteiger partial charge is 0.305 e. The molecule has 1 atom stereocenters. The molecular weight excluding hydrogens is 330 g/mol. The predicted octanol–water partition coefficient (Wildman–Crippen LogP) is 1.56. The molecule has 0 unspecified atom stereocenters. The van der Waals surface area contributed by atoms with Gasteiger partial charge < -0.3 is 4.90 Å². The van der Waals surface area contributed by atoms with Gasteiger partial charge in [0.15, 0.2) is 0 Å². The molecule has 2 heterocycles. The first-order chi connectivity index (χ1) is 8.91. The highest BCUT2D eigenvalue weighted by atomic mass is 79.9. The van der Waals surface area contributed by atoms with Crippen LogP contribution < -0.4 is 0 Å². The van der Waals surface area contributed by atoms with Crippen molar-refractivity contribution in [2.24, 2.45) is 0 Å². The highest BCUT2D eigenvalue weighted by Crippen LogP contribution is 2.23. The summed E-state index contributed by atoms with van der Waals surface area (Å²) in [4.78, 5) is 6.27. The van der Waals surface area contributed by atoms with E-state index in [1.807, 2.05) is 14.1 Å². The van der Waals surface area contributed by atoms with Gasteiger partial charge in [0.2, 0.25) is 10.0 Å². The fourth-order valence-corrected chi connectivity index (χ4v) is 4.27. The van der Waals surface area contributed by atoms with Crippen molar-refractivity contribution < 1.29 is 8.42 Å². The van der Waals surface area contributed by atoms with Crippen molar-refractivity contribution in [1.29, 1.82) is 0 Å². The lowest BCUT2D eigenvalue weighted by Crippen LogP contribution is -2.47. The molecule has 0 radical (unpaired) electrons. The highest BCUT2D eigenvalue weighted by Gasteiger charge is 2.31. The van der Waals surface area contributed by atoms with E-state index in [4.69, 9.17) is 0 Å². The second-order valence-corrected chi connectivity index (χ2v) is 7.82. The number of sulfonamides is 1. The standard InChI is InChI=1S/C12H18BrN3O2S/c1-15(2)11-4-3-5-16(9-11)19(17,18)12-6-10(13)7-14-8-12/h6-8,11H,3-5,9H2,1-2H3/t11-/m0/s1. The van der Waals surface area contributed by atoms with Gasteiger partial charge in [-0.1, -0.05) is 0 Å². The minimum absolute atomic E-state index is 0.251. The molecule has 1 aliphatic rings. The molecule has 0 N–H and O–H groups in total. The molecule has 0 amide bonds. The topological polar surface area (TPSA) is 53.5 Å². The molecule has 0 aromatic carbocycles. The number of nitrogens with zero attached hydrogens (tertiary/aromatic N) is 3. The summed E-state index contributed by atoms with van der Waals surface area (Å²) in [5, 5.41) is 0. The van der Waals surface area contributed by atoms with E-state index >= 15 is 0 Å². The van der Waals surface area contributed by atoms with Gasteiger partial charge in [0.25, 0.3) is 0 Å². The molecule has 1 fully saturated rings. The summed E-state index contributed by atoms with van der Waals surface area (Å²) in [6, 6.07) is 1.88. The first-order valence-electron chi connectivity index (χ1n) is 6.18. The monoisotopic (exact) mass is 347 g/mol. The minimum Gasteiger partial charge on any atom is -0.305 e. The van der Waals surface area contributed by atoms with E-state index in [0.717, 1.165) is 12.8 Å². The van der Waals surface area contributed by atoms with E-state index < -0.39 is 10.0 Å². The number of aromatic nitrogens is 1. The second-order valence-electron chi connectivity index (χ2n) is 4.96. The summed E-state index contributed by atoms with van der Waals surface area (Å²) < 4.78 is 27.3. The molecule has 106 valence electrons. The first-order valence-corrected chi connectivity index (χ1v) is 8.41. The van der Waals surface area contributed by atoms with Gasteiger partial charge in [0.05, 0.1) is 0 Å². The lowest BCUT2D eigenvalue weighted by Gasteiger charge is -2.35. The Labute approximate surface area is 122 Å². The second kappa shape index (κ2) is 5.87. The van der Waals surface area contributed by atoms with Crippen LogP contribution in [0.25, 0.3) is 0 Å². The average molecular weight is 348 g/mol. The van der Waals surface area contributed by atoms with E-state index in [2.05, 4.69) is 25.8 Å². The SMILES string of the molecule is CN(C)[C@H]1CCCN(S(=O)(=O)c2cncc(Br)c2)C1. The molecule has 5 nitrogen and oxygen atoms in total. The Morgan fingerprint density at radius 2 is 2.16 bits per heavy atom.